The summed E-state index contributed by atoms with van der Waals surface area (Å²) in [6.45, 7) is -0.100. The molecule has 0 saturated heterocycles. The van der Waals surface area contributed by atoms with Crippen LogP contribution in [0.1, 0.15) is 16.1 Å². The molecule has 2 rings (SSSR count). The zero-order chi connectivity index (χ0) is 15.2. The van der Waals surface area contributed by atoms with Gasteiger partial charge >= 0.3 is 0 Å². The first kappa shape index (κ1) is 15.2. The van der Waals surface area contributed by atoms with E-state index in [1.165, 1.54) is 6.33 Å². The van der Waals surface area contributed by atoms with E-state index in [2.05, 4.69) is 15.3 Å². The number of nitrogens with zero attached hydrogens (tertiary/aromatic N) is 1. The molecule has 0 saturated carbocycles. The van der Waals surface area contributed by atoms with E-state index in [-0.39, 0.29) is 18.2 Å². The fourth-order valence-corrected chi connectivity index (χ4v) is 1.89. The van der Waals surface area contributed by atoms with Gasteiger partial charge in [-0.3, -0.25) is 9.59 Å². The molecule has 0 aliphatic rings. The van der Waals surface area contributed by atoms with Gasteiger partial charge in [0.1, 0.15) is 0 Å². The van der Waals surface area contributed by atoms with E-state index in [0.717, 1.165) is 5.69 Å². The van der Waals surface area contributed by atoms with Gasteiger partial charge in [0.2, 0.25) is 5.91 Å². The number of Topliss-reactive ketones (excluding diaryl/α,β-unsaturated/α-hetero) is 1. The average molecular weight is 307 g/mol. The number of carbonyl (C=O) groups excluding carboxylic acids is 2. The van der Waals surface area contributed by atoms with E-state index in [9.17, 15) is 9.59 Å². The van der Waals surface area contributed by atoms with Crippen LogP contribution in [0.4, 0.5) is 0 Å². The Labute approximate surface area is 126 Å². The first-order valence-electron chi connectivity index (χ1n) is 6.35. The van der Waals surface area contributed by atoms with Crippen LogP contribution >= 0.6 is 11.6 Å². The molecule has 0 unspecified atom stereocenters. The highest BCUT2D eigenvalue weighted by Gasteiger charge is 2.16. The summed E-state index contributed by atoms with van der Waals surface area (Å²) in [6.07, 6.45) is 3.46. The molecular formula is C14H15ClN4O2. The Balaban J connectivity index is 1.83. The molecule has 0 bridgehead atoms. The van der Waals surface area contributed by atoms with E-state index in [0.29, 0.717) is 17.0 Å². The monoisotopic (exact) mass is 306 g/mol. The Morgan fingerprint density at radius 1 is 1.33 bits per heavy atom. The lowest BCUT2D eigenvalue weighted by atomic mass is 10.1. The molecule has 0 spiro atoms. The molecule has 0 aliphatic carbocycles. The van der Waals surface area contributed by atoms with E-state index >= 15 is 0 Å². The molecule has 1 amide bonds. The summed E-state index contributed by atoms with van der Waals surface area (Å²) in [6, 6.07) is 5.74. The number of aromatic nitrogens is 2. The highest BCUT2D eigenvalue weighted by molar-refractivity contribution is 6.30. The van der Waals surface area contributed by atoms with Gasteiger partial charge in [-0.25, -0.2) is 4.98 Å². The Morgan fingerprint density at radius 3 is 2.67 bits per heavy atom. The predicted molar refractivity (Wildman–Crippen MR) is 79.1 cm³/mol. The maximum Gasteiger partial charge on any atom is 0.237 e. The molecule has 0 aliphatic heterocycles. The van der Waals surface area contributed by atoms with Crippen LogP contribution in [0.15, 0.2) is 36.8 Å². The molecule has 1 atom stereocenters. The third-order valence-corrected chi connectivity index (χ3v) is 3.17. The van der Waals surface area contributed by atoms with Crippen molar-refractivity contribution in [1.82, 2.24) is 15.3 Å². The van der Waals surface area contributed by atoms with Gasteiger partial charge in [0.05, 0.1) is 18.9 Å². The van der Waals surface area contributed by atoms with Gasteiger partial charge in [0.25, 0.3) is 0 Å². The second-order valence-electron chi connectivity index (χ2n) is 4.54. The normalized spacial score (nSPS) is 11.9. The Bertz CT molecular complexity index is 610. The average Bonchev–Trinajstić information content (AvgIpc) is 2.98. The number of ketones is 1. The van der Waals surface area contributed by atoms with Gasteiger partial charge in [-0.05, 0) is 24.3 Å². The molecule has 2 aromatic rings. The number of imidazole rings is 1. The number of halogens is 1. The van der Waals surface area contributed by atoms with Crippen molar-refractivity contribution in [1.29, 1.82) is 0 Å². The fraction of sp³-hybridized carbons (Fsp3) is 0.214. The van der Waals surface area contributed by atoms with Gasteiger partial charge in [-0.15, -0.1) is 0 Å². The van der Waals surface area contributed by atoms with Crippen LogP contribution in [-0.4, -0.2) is 34.2 Å². The number of hydrogen-bond acceptors (Lipinski definition) is 4. The fourth-order valence-electron chi connectivity index (χ4n) is 1.76. The number of benzene rings is 1. The molecule has 0 radical (unpaired) electrons. The van der Waals surface area contributed by atoms with Gasteiger partial charge in [0, 0.05) is 28.9 Å². The van der Waals surface area contributed by atoms with Crippen molar-refractivity contribution in [2.75, 3.05) is 6.54 Å². The van der Waals surface area contributed by atoms with Crippen LogP contribution in [0.25, 0.3) is 0 Å². The van der Waals surface area contributed by atoms with E-state index in [4.69, 9.17) is 17.3 Å². The lowest BCUT2D eigenvalue weighted by Gasteiger charge is -2.10. The van der Waals surface area contributed by atoms with E-state index in [1.807, 2.05) is 0 Å². The van der Waals surface area contributed by atoms with Gasteiger partial charge < -0.3 is 16.0 Å². The lowest BCUT2D eigenvalue weighted by Crippen LogP contribution is -2.43. The van der Waals surface area contributed by atoms with Crippen LogP contribution in [0, 0.1) is 0 Å². The first-order chi connectivity index (χ1) is 10.1. The summed E-state index contributed by atoms with van der Waals surface area (Å²) in [5.41, 5.74) is 7.02. The minimum absolute atomic E-state index is 0.100. The van der Waals surface area contributed by atoms with Crippen molar-refractivity contribution in [3.05, 3.63) is 53.1 Å². The zero-order valence-corrected chi connectivity index (χ0v) is 11.9. The van der Waals surface area contributed by atoms with Crippen LogP contribution < -0.4 is 11.1 Å². The van der Waals surface area contributed by atoms with Crippen molar-refractivity contribution < 1.29 is 9.59 Å². The number of hydrogen-bond donors (Lipinski definition) is 3. The highest BCUT2D eigenvalue weighted by atomic mass is 35.5. The van der Waals surface area contributed by atoms with Crippen LogP contribution in [0.5, 0.6) is 0 Å². The number of nitrogens with two attached hydrogens (primary N) is 1. The zero-order valence-electron chi connectivity index (χ0n) is 11.2. The summed E-state index contributed by atoms with van der Waals surface area (Å²) < 4.78 is 0. The summed E-state index contributed by atoms with van der Waals surface area (Å²) in [5.74, 6) is -0.583. The van der Waals surface area contributed by atoms with Gasteiger partial charge in [-0.2, -0.15) is 0 Å². The predicted octanol–water partition coefficient (Wildman–Crippen LogP) is 0.932. The summed E-state index contributed by atoms with van der Waals surface area (Å²) in [4.78, 5) is 30.4. The van der Waals surface area contributed by atoms with Crippen molar-refractivity contribution in [3.8, 4) is 0 Å². The van der Waals surface area contributed by atoms with E-state index in [1.54, 1.807) is 30.5 Å². The first-order valence-corrected chi connectivity index (χ1v) is 6.73. The molecular weight excluding hydrogens is 292 g/mol. The maximum atomic E-state index is 11.9. The Morgan fingerprint density at radius 2 is 2.05 bits per heavy atom. The molecule has 1 heterocycles. The van der Waals surface area contributed by atoms with Gasteiger partial charge in [0.15, 0.2) is 5.78 Å². The third-order valence-electron chi connectivity index (χ3n) is 2.92. The smallest absolute Gasteiger partial charge is 0.237 e. The molecule has 1 aromatic carbocycles. The van der Waals surface area contributed by atoms with Crippen molar-refractivity contribution >= 4 is 23.3 Å². The number of rotatable bonds is 6. The molecule has 110 valence electrons. The second-order valence-corrected chi connectivity index (χ2v) is 4.97. The number of H-pyrrole nitrogens is 1. The molecule has 21 heavy (non-hydrogen) atoms. The topological polar surface area (TPSA) is 101 Å². The van der Waals surface area contributed by atoms with Crippen molar-refractivity contribution in [3.63, 3.8) is 0 Å². The quantitative estimate of drug-likeness (QED) is 0.691. The summed E-state index contributed by atoms with van der Waals surface area (Å²) in [7, 11) is 0. The summed E-state index contributed by atoms with van der Waals surface area (Å²) in [5, 5.41) is 3.08. The Kier molecular flexibility index (Phi) is 5.08. The molecule has 7 heteroatoms. The third kappa shape index (κ3) is 4.40. The maximum absolute atomic E-state index is 11.9. The van der Waals surface area contributed by atoms with Crippen LogP contribution in [0.3, 0.4) is 0 Å². The summed E-state index contributed by atoms with van der Waals surface area (Å²) >= 11 is 5.75. The Hall–Kier alpha value is -2.18. The molecule has 1 aromatic heterocycles. The number of nitrogens with one attached hydrogen (secondary N) is 2. The number of carbonyl (C=O) groups is 2. The lowest BCUT2D eigenvalue weighted by molar-refractivity contribution is -0.122. The minimum atomic E-state index is -0.733. The molecule has 0 fully saturated rings. The highest BCUT2D eigenvalue weighted by Crippen LogP contribution is 2.09. The standard InChI is InChI=1S/C14H15ClN4O2/c15-10-3-1-9(2-4-10)13(20)7-18-14(21)12(16)5-11-6-17-8-19-11/h1-4,6,8,12H,5,7,16H2,(H,17,19)(H,18,21)/t12-/m0/s1. The SMILES string of the molecule is N[C@@H](Cc1cnc[nH]1)C(=O)NCC(=O)c1ccc(Cl)cc1. The largest absolute Gasteiger partial charge is 0.348 e. The number of amides is 1. The molecule has 6 nitrogen and oxygen atoms in total. The van der Waals surface area contributed by atoms with Crippen LogP contribution in [-0.2, 0) is 11.2 Å². The molecule has 4 N–H and O–H groups in total. The minimum Gasteiger partial charge on any atom is -0.348 e. The van der Waals surface area contributed by atoms with Crippen molar-refractivity contribution in [2.45, 2.75) is 12.5 Å². The van der Waals surface area contributed by atoms with Crippen LogP contribution in [0.2, 0.25) is 5.02 Å². The van der Waals surface area contributed by atoms with E-state index < -0.39 is 6.04 Å². The second kappa shape index (κ2) is 7.01. The van der Waals surface area contributed by atoms with Crippen molar-refractivity contribution in [2.24, 2.45) is 5.73 Å². The number of aromatic amines is 1. The van der Waals surface area contributed by atoms with Gasteiger partial charge in [-0.1, -0.05) is 11.6 Å².